The van der Waals surface area contributed by atoms with E-state index in [1.807, 2.05) is 19.9 Å². The summed E-state index contributed by atoms with van der Waals surface area (Å²) in [4.78, 5) is 17.8. The van der Waals surface area contributed by atoms with Gasteiger partial charge < -0.3 is 5.32 Å². The molecular formula is C12H14N2OS. The van der Waals surface area contributed by atoms with Gasteiger partial charge in [-0.2, -0.15) is 0 Å². The molecule has 2 aromatic rings. The van der Waals surface area contributed by atoms with Gasteiger partial charge in [0.25, 0.3) is 0 Å². The quantitative estimate of drug-likeness (QED) is 0.823. The summed E-state index contributed by atoms with van der Waals surface area (Å²) in [7, 11) is 0. The van der Waals surface area contributed by atoms with Crippen molar-refractivity contribution in [1.29, 1.82) is 0 Å². The molecule has 2 rings (SSSR count). The van der Waals surface area contributed by atoms with Crippen LogP contribution in [0.3, 0.4) is 0 Å². The van der Waals surface area contributed by atoms with E-state index in [0.717, 1.165) is 32.0 Å². The number of pyridine rings is 1. The van der Waals surface area contributed by atoms with Crippen LogP contribution in [0.25, 0.3) is 10.2 Å². The summed E-state index contributed by atoms with van der Waals surface area (Å²) < 4.78 is 0. The van der Waals surface area contributed by atoms with Crippen LogP contribution in [-0.2, 0) is 4.79 Å². The normalized spacial score (nSPS) is 10.8. The van der Waals surface area contributed by atoms with E-state index in [2.05, 4.69) is 17.2 Å². The molecule has 2 aromatic heterocycles. The van der Waals surface area contributed by atoms with Gasteiger partial charge in [-0.15, -0.1) is 11.3 Å². The highest BCUT2D eigenvalue weighted by atomic mass is 32.1. The molecule has 0 unspecified atom stereocenters. The summed E-state index contributed by atoms with van der Waals surface area (Å²) in [6.45, 7) is 7.57. The Labute approximate surface area is 98.5 Å². The van der Waals surface area contributed by atoms with E-state index in [1.165, 1.54) is 6.92 Å². The summed E-state index contributed by atoms with van der Waals surface area (Å²) in [5.41, 5.74) is 3.09. The number of anilines is 1. The smallest absolute Gasteiger partial charge is 0.221 e. The third-order valence-corrected chi connectivity index (χ3v) is 3.46. The van der Waals surface area contributed by atoms with Gasteiger partial charge >= 0.3 is 0 Å². The molecule has 0 radical (unpaired) electrons. The Bertz CT molecular complexity index is 572. The topological polar surface area (TPSA) is 42.0 Å². The summed E-state index contributed by atoms with van der Waals surface area (Å²) in [5, 5.41) is 3.96. The predicted molar refractivity (Wildman–Crippen MR) is 68.1 cm³/mol. The second-order valence-electron chi connectivity index (χ2n) is 3.98. The maximum atomic E-state index is 11.2. The Morgan fingerprint density at radius 2 is 2.06 bits per heavy atom. The Kier molecular flexibility index (Phi) is 2.68. The second kappa shape index (κ2) is 3.87. The molecule has 1 amide bonds. The molecule has 3 nitrogen and oxygen atoms in total. The van der Waals surface area contributed by atoms with Gasteiger partial charge in [0, 0.05) is 22.9 Å². The Balaban J connectivity index is 2.73. The van der Waals surface area contributed by atoms with Crippen LogP contribution in [0.1, 0.15) is 23.1 Å². The molecule has 0 spiro atoms. The molecule has 84 valence electrons. The van der Waals surface area contributed by atoms with Crippen LogP contribution in [0, 0.1) is 20.8 Å². The van der Waals surface area contributed by atoms with E-state index in [4.69, 9.17) is 0 Å². The lowest BCUT2D eigenvalue weighted by Crippen LogP contribution is -2.06. The number of fused-ring (bicyclic) bond motifs is 1. The fourth-order valence-corrected chi connectivity index (χ4v) is 2.98. The van der Waals surface area contributed by atoms with Crippen molar-refractivity contribution < 1.29 is 4.79 Å². The number of nitrogens with one attached hydrogen (secondary N) is 1. The minimum Gasteiger partial charge on any atom is -0.325 e. The summed E-state index contributed by atoms with van der Waals surface area (Å²) in [6.07, 6.45) is 0. The molecule has 0 fully saturated rings. The highest BCUT2D eigenvalue weighted by Crippen LogP contribution is 2.36. The minimum atomic E-state index is -0.0391. The fourth-order valence-electron chi connectivity index (χ4n) is 1.88. The van der Waals surface area contributed by atoms with Crippen molar-refractivity contribution in [2.24, 2.45) is 0 Å². The minimum absolute atomic E-state index is 0.0391. The molecule has 4 heteroatoms. The predicted octanol–water partition coefficient (Wildman–Crippen LogP) is 3.18. The first-order valence-electron chi connectivity index (χ1n) is 5.14. The van der Waals surface area contributed by atoms with Gasteiger partial charge in [-0.25, -0.2) is 4.98 Å². The molecule has 0 bridgehead atoms. The van der Waals surface area contributed by atoms with Crippen molar-refractivity contribution in [3.63, 3.8) is 0 Å². The highest BCUT2D eigenvalue weighted by molar-refractivity contribution is 7.19. The number of carbonyl (C=O) groups is 1. The lowest BCUT2D eigenvalue weighted by Gasteiger charge is -2.04. The van der Waals surface area contributed by atoms with Crippen LogP contribution in [-0.4, -0.2) is 10.9 Å². The fraction of sp³-hybridized carbons (Fsp3) is 0.333. The number of rotatable bonds is 1. The third-order valence-electron chi connectivity index (χ3n) is 2.46. The molecule has 0 saturated heterocycles. The first-order chi connectivity index (χ1) is 7.49. The Hall–Kier alpha value is -1.42. The maximum absolute atomic E-state index is 11.2. The number of nitrogens with zero attached hydrogens (tertiary/aromatic N) is 1. The van der Waals surface area contributed by atoms with E-state index >= 15 is 0 Å². The van der Waals surface area contributed by atoms with E-state index in [-0.39, 0.29) is 5.91 Å². The van der Waals surface area contributed by atoms with E-state index in [0.29, 0.717) is 0 Å². The molecule has 1 N–H and O–H groups in total. The number of aryl methyl sites for hydroxylation is 3. The zero-order valence-corrected chi connectivity index (χ0v) is 10.7. The van der Waals surface area contributed by atoms with Crippen molar-refractivity contribution >= 4 is 33.1 Å². The third kappa shape index (κ3) is 1.80. The van der Waals surface area contributed by atoms with E-state index in [9.17, 15) is 4.79 Å². The van der Waals surface area contributed by atoms with Gasteiger partial charge in [0.1, 0.15) is 4.83 Å². The SMILES string of the molecule is CC(=O)Nc1c(C)sc2nc(C)cc(C)c12. The van der Waals surface area contributed by atoms with Crippen molar-refractivity contribution in [2.75, 3.05) is 5.32 Å². The van der Waals surface area contributed by atoms with Gasteiger partial charge in [0.2, 0.25) is 5.91 Å². The van der Waals surface area contributed by atoms with Crippen LogP contribution in [0.4, 0.5) is 5.69 Å². The molecule has 0 aliphatic carbocycles. The van der Waals surface area contributed by atoms with Gasteiger partial charge in [-0.1, -0.05) is 0 Å². The van der Waals surface area contributed by atoms with Crippen LogP contribution in [0.15, 0.2) is 6.07 Å². The largest absolute Gasteiger partial charge is 0.325 e. The van der Waals surface area contributed by atoms with Crippen molar-refractivity contribution in [3.05, 3.63) is 22.2 Å². The average molecular weight is 234 g/mol. The van der Waals surface area contributed by atoms with Gasteiger partial charge in [-0.05, 0) is 32.4 Å². The molecular weight excluding hydrogens is 220 g/mol. The highest BCUT2D eigenvalue weighted by Gasteiger charge is 2.13. The summed E-state index contributed by atoms with van der Waals surface area (Å²) in [6, 6.07) is 2.04. The first kappa shape index (κ1) is 11.1. The van der Waals surface area contributed by atoms with Gasteiger partial charge in [0.05, 0.1) is 5.69 Å². The monoisotopic (exact) mass is 234 g/mol. The zero-order valence-electron chi connectivity index (χ0n) is 9.84. The van der Waals surface area contributed by atoms with Crippen molar-refractivity contribution in [3.8, 4) is 0 Å². The average Bonchev–Trinajstić information content (AvgIpc) is 2.41. The number of hydrogen-bond donors (Lipinski definition) is 1. The van der Waals surface area contributed by atoms with E-state index in [1.54, 1.807) is 11.3 Å². The molecule has 0 aliphatic rings. The van der Waals surface area contributed by atoms with E-state index < -0.39 is 0 Å². The Morgan fingerprint density at radius 1 is 1.38 bits per heavy atom. The lowest BCUT2D eigenvalue weighted by molar-refractivity contribution is -0.114. The molecule has 0 aliphatic heterocycles. The number of thiophene rings is 1. The number of amides is 1. The number of carbonyl (C=O) groups excluding carboxylic acids is 1. The van der Waals surface area contributed by atoms with Crippen LogP contribution in [0.2, 0.25) is 0 Å². The maximum Gasteiger partial charge on any atom is 0.221 e. The molecule has 2 heterocycles. The number of aromatic nitrogens is 1. The van der Waals surface area contributed by atoms with Crippen LogP contribution >= 0.6 is 11.3 Å². The lowest BCUT2D eigenvalue weighted by atomic mass is 10.1. The van der Waals surface area contributed by atoms with Crippen molar-refractivity contribution in [2.45, 2.75) is 27.7 Å². The van der Waals surface area contributed by atoms with Crippen molar-refractivity contribution in [1.82, 2.24) is 4.98 Å². The molecule has 0 saturated carbocycles. The molecule has 0 aromatic carbocycles. The number of hydrogen-bond acceptors (Lipinski definition) is 3. The van der Waals surface area contributed by atoms with Gasteiger partial charge in [-0.3, -0.25) is 4.79 Å². The molecule has 16 heavy (non-hydrogen) atoms. The Morgan fingerprint density at radius 3 is 2.69 bits per heavy atom. The standard InChI is InChI=1S/C12H14N2OS/c1-6-5-7(2)13-12-10(6)11(8(3)16-12)14-9(4)15/h5H,1-4H3,(H,14,15). The molecule has 0 atom stereocenters. The van der Waals surface area contributed by atoms with Crippen LogP contribution < -0.4 is 5.32 Å². The first-order valence-corrected chi connectivity index (χ1v) is 5.95. The van der Waals surface area contributed by atoms with Crippen LogP contribution in [0.5, 0.6) is 0 Å². The zero-order chi connectivity index (χ0) is 11.9. The summed E-state index contributed by atoms with van der Waals surface area (Å²) >= 11 is 1.62. The summed E-state index contributed by atoms with van der Waals surface area (Å²) in [5.74, 6) is -0.0391. The second-order valence-corrected chi connectivity index (χ2v) is 5.18. The van der Waals surface area contributed by atoms with Gasteiger partial charge in [0.15, 0.2) is 0 Å².